The summed E-state index contributed by atoms with van der Waals surface area (Å²) in [5.74, 6) is 1.05. The number of methoxy groups -OCH3 is 1. The van der Waals surface area contributed by atoms with Crippen molar-refractivity contribution in [2.24, 2.45) is 5.41 Å². The number of hydrogen-bond donors (Lipinski definition) is 1. The molecule has 0 amide bonds. The Kier molecular flexibility index (Phi) is 3.41. The van der Waals surface area contributed by atoms with Crippen LogP contribution in [-0.4, -0.2) is 17.3 Å². The molecule has 0 saturated carbocycles. The summed E-state index contributed by atoms with van der Waals surface area (Å²) in [5, 5.41) is 4.72. The third-order valence-electron chi connectivity index (χ3n) is 2.54. The lowest BCUT2D eigenvalue weighted by molar-refractivity contribution is 0.00718. The molecule has 2 aromatic rings. The Balaban J connectivity index is 2.30. The highest BCUT2D eigenvalue weighted by Crippen LogP contribution is 2.35. The van der Waals surface area contributed by atoms with Gasteiger partial charge in [-0.15, -0.1) is 11.3 Å². The summed E-state index contributed by atoms with van der Waals surface area (Å²) in [4.78, 5) is 5.25. The van der Waals surface area contributed by atoms with Crippen LogP contribution in [0.1, 0.15) is 32.7 Å². The smallest absolute Gasteiger partial charge is 0.268 e. The van der Waals surface area contributed by atoms with E-state index in [1.165, 1.54) is 11.3 Å². The van der Waals surface area contributed by atoms with E-state index in [0.717, 1.165) is 9.88 Å². The molecule has 0 aliphatic heterocycles. The molecule has 2 rings (SSSR count). The number of aromatic nitrogens is 2. The minimum absolute atomic E-state index is 0.0929. The van der Waals surface area contributed by atoms with E-state index in [1.807, 2.05) is 12.1 Å². The van der Waals surface area contributed by atoms with E-state index in [1.54, 1.807) is 7.11 Å². The van der Waals surface area contributed by atoms with Crippen LogP contribution in [0.15, 0.2) is 16.7 Å². The normalized spacial score (nSPS) is 13.8. The van der Waals surface area contributed by atoms with Gasteiger partial charge in [-0.05, 0) is 17.5 Å². The molecule has 0 spiro atoms. The predicted octanol–water partition coefficient (Wildman–Crippen LogP) is 3.11. The van der Waals surface area contributed by atoms with E-state index in [4.69, 9.17) is 15.0 Å². The van der Waals surface area contributed by atoms with E-state index in [9.17, 15) is 0 Å². The fraction of sp³-hybridized carbons (Fsp3) is 0.500. The van der Waals surface area contributed by atoms with Gasteiger partial charge in [0.05, 0.1) is 9.88 Å². The van der Waals surface area contributed by atoms with Gasteiger partial charge in [-0.25, -0.2) is 0 Å². The molecule has 1 unspecified atom stereocenters. The van der Waals surface area contributed by atoms with Gasteiger partial charge in [-0.3, -0.25) is 0 Å². The second-order valence-corrected chi connectivity index (χ2v) is 6.26. The Morgan fingerprint density at radius 1 is 1.39 bits per heavy atom. The Labute approximate surface area is 110 Å². The molecule has 2 heterocycles. The largest absolute Gasteiger partial charge is 0.391 e. The number of hydrogen-bond acceptors (Lipinski definition) is 6. The van der Waals surface area contributed by atoms with Crippen LogP contribution in [0.25, 0.3) is 10.8 Å². The van der Waals surface area contributed by atoms with Crippen molar-refractivity contribution in [3.8, 4) is 10.8 Å². The van der Waals surface area contributed by atoms with Gasteiger partial charge in [0.1, 0.15) is 6.10 Å². The van der Waals surface area contributed by atoms with E-state index in [-0.39, 0.29) is 11.5 Å². The SMILES string of the molecule is COC(c1noc(-c2ccc(N)s2)n1)C(C)(C)C. The van der Waals surface area contributed by atoms with Crippen LogP contribution < -0.4 is 5.73 Å². The molecule has 6 heteroatoms. The first kappa shape index (κ1) is 13.0. The predicted molar refractivity (Wildman–Crippen MR) is 71.2 cm³/mol. The second-order valence-electron chi connectivity index (χ2n) is 5.14. The lowest BCUT2D eigenvalue weighted by Crippen LogP contribution is -2.21. The van der Waals surface area contributed by atoms with Crippen LogP contribution in [-0.2, 0) is 4.74 Å². The number of nitrogens with zero attached hydrogens (tertiary/aromatic N) is 2. The number of nitrogen functional groups attached to an aromatic ring is 1. The van der Waals surface area contributed by atoms with Crippen molar-refractivity contribution in [1.82, 2.24) is 10.1 Å². The lowest BCUT2D eigenvalue weighted by atomic mass is 9.88. The minimum Gasteiger partial charge on any atom is -0.391 e. The number of nitrogens with two attached hydrogens (primary N) is 1. The first-order chi connectivity index (χ1) is 8.41. The highest BCUT2D eigenvalue weighted by atomic mass is 32.1. The van der Waals surface area contributed by atoms with Gasteiger partial charge in [-0.2, -0.15) is 4.98 Å². The third-order valence-corrected chi connectivity index (χ3v) is 3.44. The third kappa shape index (κ3) is 2.54. The maximum atomic E-state index is 5.68. The standard InChI is InChI=1S/C12H17N3O2S/c1-12(2,3)9(16-4)10-14-11(17-15-10)7-5-6-8(13)18-7/h5-6,9H,13H2,1-4H3. The molecule has 0 fully saturated rings. The highest BCUT2D eigenvalue weighted by molar-refractivity contribution is 7.19. The monoisotopic (exact) mass is 267 g/mol. The minimum atomic E-state index is -0.202. The second kappa shape index (κ2) is 4.70. The zero-order valence-electron chi connectivity index (χ0n) is 10.9. The summed E-state index contributed by atoms with van der Waals surface area (Å²) in [6.45, 7) is 6.21. The van der Waals surface area contributed by atoms with Crippen LogP contribution >= 0.6 is 11.3 Å². The molecule has 1 atom stereocenters. The Bertz CT molecular complexity index is 527. The summed E-state index contributed by atoms with van der Waals surface area (Å²) in [6.07, 6.45) is -0.202. The topological polar surface area (TPSA) is 74.2 Å². The summed E-state index contributed by atoms with van der Waals surface area (Å²) >= 11 is 1.42. The van der Waals surface area contributed by atoms with Gasteiger partial charge >= 0.3 is 0 Å². The van der Waals surface area contributed by atoms with Crippen LogP contribution in [0.4, 0.5) is 5.00 Å². The van der Waals surface area contributed by atoms with Gasteiger partial charge in [0.25, 0.3) is 5.89 Å². The number of thiophene rings is 1. The van der Waals surface area contributed by atoms with Crippen LogP contribution in [0.2, 0.25) is 0 Å². The zero-order chi connectivity index (χ0) is 13.3. The molecular formula is C12H17N3O2S. The molecule has 18 heavy (non-hydrogen) atoms. The molecule has 0 bridgehead atoms. The van der Waals surface area contributed by atoms with Crippen LogP contribution in [0.5, 0.6) is 0 Å². The summed E-state index contributed by atoms with van der Waals surface area (Å²) in [5.41, 5.74) is 5.59. The van der Waals surface area contributed by atoms with Crippen molar-refractivity contribution < 1.29 is 9.26 Å². The van der Waals surface area contributed by atoms with Gasteiger partial charge in [0.15, 0.2) is 0 Å². The van der Waals surface area contributed by atoms with Gasteiger partial charge in [0, 0.05) is 7.11 Å². The molecule has 2 aromatic heterocycles. The molecule has 0 aromatic carbocycles. The number of rotatable bonds is 3. The lowest BCUT2D eigenvalue weighted by Gasteiger charge is -2.26. The molecule has 5 nitrogen and oxygen atoms in total. The fourth-order valence-corrected chi connectivity index (χ4v) is 2.45. The fourth-order valence-electron chi connectivity index (χ4n) is 1.76. The van der Waals surface area contributed by atoms with Crippen molar-refractivity contribution in [3.63, 3.8) is 0 Å². The Hall–Kier alpha value is -1.40. The maximum absolute atomic E-state index is 5.68. The molecule has 0 saturated heterocycles. The average Bonchev–Trinajstić information content (AvgIpc) is 2.85. The van der Waals surface area contributed by atoms with Crippen molar-refractivity contribution in [2.45, 2.75) is 26.9 Å². The van der Waals surface area contributed by atoms with Crippen molar-refractivity contribution in [1.29, 1.82) is 0 Å². The molecular weight excluding hydrogens is 250 g/mol. The van der Waals surface area contributed by atoms with Gasteiger partial charge < -0.3 is 15.0 Å². The van der Waals surface area contributed by atoms with E-state index in [2.05, 4.69) is 30.9 Å². The van der Waals surface area contributed by atoms with Crippen molar-refractivity contribution >= 4 is 16.3 Å². The Morgan fingerprint density at radius 3 is 2.61 bits per heavy atom. The van der Waals surface area contributed by atoms with Crippen molar-refractivity contribution in [2.75, 3.05) is 12.8 Å². The molecule has 2 N–H and O–H groups in total. The van der Waals surface area contributed by atoms with Crippen LogP contribution in [0, 0.1) is 5.41 Å². The maximum Gasteiger partial charge on any atom is 0.268 e. The summed E-state index contributed by atoms with van der Waals surface area (Å²) in [6, 6.07) is 3.69. The van der Waals surface area contributed by atoms with Crippen LogP contribution in [0.3, 0.4) is 0 Å². The molecule has 0 aliphatic rings. The molecule has 0 radical (unpaired) electrons. The Morgan fingerprint density at radius 2 is 2.11 bits per heavy atom. The van der Waals surface area contributed by atoms with E-state index >= 15 is 0 Å². The zero-order valence-corrected chi connectivity index (χ0v) is 11.7. The van der Waals surface area contributed by atoms with E-state index < -0.39 is 0 Å². The van der Waals surface area contributed by atoms with Gasteiger partial charge in [0.2, 0.25) is 5.82 Å². The molecule has 98 valence electrons. The summed E-state index contributed by atoms with van der Waals surface area (Å²) < 4.78 is 10.7. The molecule has 0 aliphatic carbocycles. The first-order valence-corrected chi connectivity index (χ1v) is 6.45. The summed E-state index contributed by atoms with van der Waals surface area (Å²) in [7, 11) is 1.65. The van der Waals surface area contributed by atoms with Gasteiger partial charge in [-0.1, -0.05) is 25.9 Å². The first-order valence-electron chi connectivity index (χ1n) is 5.64. The van der Waals surface area contributed by atoms with Crippen molar-refractivity contribution in [3.05, 3.63) is 18.0 Å². The number of ether oxygens (including phenoxy) is 1. The van der Waals surface area contributed by atoms with E-state index in [0.29, 0.717) is 11.7 Å². The average molecular weight is 267 g/mol. The quantitative estimate of drug-likeness (QED) is 0.924. The number of anilines is 1. The highest BCUT2D eigenvalue weighted by Gasteiger charge is 2.30.